The molecule has 0 bridgehead atoms. The highest BCUT2D eigenvalue weighted by atomic mass is 16.4. The predicted octanol–water partition coefficient (Wildman–Crippen LogP) is 2.08. The van der Waals surface area contributed by atoms with E-state index in [2.05, 4.69) is 15.3 Å². The van der Waals surface area contributed by atoms with Crippen LogP contribution in [0.2, 0.25) is 0 Å². The Hall–Kier alpha value is -2.73. The molecule has 0 aromatic carbocycles. The number of fused-ring (bicyclic) bond motifs is 1. The molecule has 0 saturated heterocycles. The number of hydrogen-bond acceptors (Lipinski definition) is 5. The minimum atomic E-state index is -0.737. The first kappa shape index (κ1) is 14.2. The summed E-state index contributed by atoms with van der Waals surface area (Å²) in [4.78, 5) is 20.5. The Morgan fingerprint density at radius 3 is 3.05 bits per heavy atom. The largest absolute Gasteiger partial charge is 0.467 e. The fourth-order valence-electron chi connectivity index (χ4n) is 2.21. The summed E-state index contributed by atoms with van der Waals surface area (Å²) in [5.41, 5.74) is 1.03. The van der Waals surface area contributed by atoms with Gasteiger partial charge in [-0.2, -0.15) is 0 Å². The number of aliphatic hydroxyl groups excluding tert-OH is 1. The number of nitrogens with one attached hydrogen (secondary N) is 1. The Morgan fingerprint density at radius 1 is 1.32 bits per heavy atom. The normalized spacial score (nSPS) is 12.2. The van der Waals surface area contributed by atoms with E-state index in [9.17, 15) is 9.90 Å². The summed E-state index contributed by atoms with van der Waals surface area (Å²) in [5.74, 6) is 0.228. The number of carbonyl (C=O) groups excluding carboxylic acids is 1. The summed E-state index contributed by atoms with van der Waals surface area (Å²) in [7, 11) is 0. The second-order valence-electron chi connectivity index (χ2n) is 4.84. The van der Waals surface area contributed by atoms with Crippen molar-refractivity contribution in [3.05, 3.63) is 60.4 Å². The Balaban J connectivity index is 1.64. The van der Waals surface area contributed by atoms with Gasteiger partial charge in [0, 0.05) is 30.5 Å². The number of aromatic nitrogens is 2. The molecule has 22 heavy (non-hydrogen) atoms. The molecule has 0 radical (unpaired) electrons. The summed E-state index contributed by atoms with van der Waals surface area (Å²) >= 11 is 0. The molecule has 0 aliphatic carbocycles. The van der Waals surface area contributed by atoms with Crippen LogP contribution in [0.1, 0.15) is 28.6 Å². The third kappa shape index (κ3) is 2.96. The maximum absolute atomic E-state index is 12.2. The van der Waals surface area contributed by atoms with Gasteiger partial charge in [0.15, 0.2) is 0 Å². The molecule has 0 aliphatic rings. The van der Waals surface area contributed by atoms with Crippen molar-refractivity contribution in [3.8, 4) is 0 Å². The van der Waals surface area contributed by atoms with Crippen molar-refractivity contribution in [3.63, 3.8) is 0 Å². The van der Waals surface area contributed by atoms with Crippen LogP contribution in [-0.4, -0.2) is 27.5 Å². The van der Waals surface area contributed by atoms with Crippen molar-refractivity contribution in [2.45, 2.75) is 12.5 Å². The molecule has 112 valence electrons. The quantitative estimate of drug-likeness (QED) is 0.752. The molecule has 1 unspecified atom stereocenters. The van der Waals surface area contributed by atoms with Crippen molar-refractivity contribution >= 4 is 16.8 Å². The molecule has 0 aliphatic heterocycles. The summed E-state index contributed by atoms with van der Waals surface area (Å²) < 4.78 is 5.11. The molecule has 6 nitrogen and oxygen atoms in total. The average Bonchev–Trinajstić information content (AvgIpc) is 3.08. The van der Waals surface area contributed by atoms with Gasteiger partial charge in [0.25, 0.3) is 5.91 Å². The zero-order chi connectivity index (χ0) is 15.4. The number of aliphatic hydroxyl groups is 1. The van der Waals surface area contributed by atoms with Crippen LogP contribution in [0.25, 0.3) is 10.9 Å². The molecule has 2 N–H and O–H groups in total. The second kappa shape index (κ2) is 6.36. The Morgan fingerprint density at radius 2 is 2.23 bits per heavy atom. The van der Waals surface area contributed by atoms with E-state index in [4.69, 9.17) is 4.42 Å². The second-order valence-corrected chi connectivity index (χ2v) is 4.84. The number of hydrogen-bond donors (Lipinski definition) is 2. The van der Waals surface area contributed by atoms with Gasteiger partial charge in [-0.1, -0.05) is 0 Å². The van der Waals surface area contributed by atoms with Gasteiger partial charge in [0.2, 0.25) is 0 Å². The lowest BCUT2D eigenvalue weighted by Crippen LogP contribution is -2.26. The zero-order valence-electron chi connectivity index (χ0n) is 11.8. The molecular weight excluding hydrogens is 282 g/mol. The highest BCUT2D eigenvalue weighted by Gasteiger charge is 2.13. The molecule has 1 atom stereocenters. The van der Waals surface area contributed by atoms with E-state index < -0.39 is 6.10 Å². The Bertz CT molecular complexity index is 766. The van der Waals surface area contributed by atoms with Crippen molar-refractivity contribution in [2.24, 2.45) is 0 Å². The van der Waals surface area contributed by atoms with Gasteiger partial charge < -0.3 is 14.8 Å². The van der Waals surface area contributed by atoms with Gasteiger partial charge in [-0.05, 0) is 30.7 Å². The molecule has 3 rings (SSSR count). The lowest BCUT2D eigenvalue weighted by Gasteiger charge is -2.09. The maximum Gasteiger partial charge on any atom is 0.255 e. The first-order chi connectivity index (χ1) is 10.8. The first-order valence-electron chi connectivity index (χ1n) is 6.94. The molecule has 0 spiro atoms. The standard InChI is InChI=1S/C16H15N3O3/c20-13(14-4-2-8-22-14)5-7-19-16(21)12-10-17-9-11-3-1-6-18-15(11)12/h1-4,6,8-10,13,20H,5,7H2,(H,19,21). The molecular formula is C16H15N3O3. The SMILES string of the molecule is O=C(NCCC(O)c1ccco1)c1cncc2cccnc12. The van der Waals surface area contributed by atoms with Crippen LogP contribution >= 0.6 is 0 Å². The summed E-state index contributed by atoms with van der Waals surface area (Å²) in [6, 6.07) is 7.06. The number of carbonyl (C=O) groups is 1. The van der Waals surface area contributed by atoms with E-state index in [0.717, 1.165) is 5.39 Å². The van der Waals surface area contributed by atoms with Crippen molar-refractivity contribution in [1.29, 1.82) is 0 Å². The number of rotatable bonds is 5. The van der Waals surface area contributed by atoms with E-state index in [1.165, 1.54) is 12.5 Å². The van der Waals surface area contributed by atoms with Gasteiger partial charge in [-0.25, -0.2) is 0 Å². The molecule has 3 heterocycles. The smallest absolute Gasteiger partial charge is 0.255 e. The minimum absolute atomic E-state index is 0.261. The van der Waals surface area contributed by atoms with Crippen LogP contribution in [0.3, 0.4) is 0 Å². The van der Waals surface area contributed by atoms with E-state index in [1.807, 2.05) is 6.07 Å². The summed E-state index contributed by atoms with van der Waals surface area (Å²) in [6.07, 6.45) is 5.93. The van der Waals surface area contributed by atoms with Gasteiger partial charge >= 0.3 is 0 Å². The molecule has 0 fully saturated rings. The number of pyridine rings is 2. The lowest BCUT2D eigenvalue weighted by atomic mass is 10.1. The monoisotopic (exact) mass is 297 g/mol. The van der Waals surface area contributed by atoms with E-state index in [-0.39, 0.29) is 5.91 Å². The van der Waals surface area contributed by atoms with Gasteiger partial charge in [-0.3, -0.25) is 14.8 Å². The van der Waals surface area contributed by atoms with Gasteiger partial charge in [-0.15, -0.1) is 0 Å². The van der Waals surface area contributed by atoms with Crippen LogP contribution < -0.4 is 5.32 Å². The minimum Gasteiger partial charge on any atom is -0.467 e. The van der Waals surface area contributed by atoms with Crippen LogP contribution in [0.15, 0.2) is 53.5 Å². The molecule has 1 amide bonds. The topological polar surface area (TPSA) is 88.2 Å². The Kier molecular flexibility index (Phi) is 4.11. The fraction of sp³-hybridized carbons (Fsp3) is 0.188. The highest BCUT2D eigenvalue weighted by molar-refractivity contribution is 6.04. The maximum atomic E-state index is 12.2. The van der Waals surface area contributed by atoms with E-state index in [1.54, 1.807) is 30.6 Å². The number of amides is 1. The molecule has 0 saturated carbocycles. The van der Waals surface area contributed by atoms with Crippen molar-refractivity contribution in [2.75, 3.05) is 6.54 Å². The molecule has 3 aromatic heterocycles. The Labute approximate surface area is 126 Å². The van der Waals surface area contributed by atoms with Crippen molar-refractivity contribution in [1.82, 2.24) is 15.3 Å². The number of nitrogens with zero attached hydrogens (tertiary/aromatic N) is 2. The van der Waals surface area contributed by atoms with Crippen molar-refractivity contribution < 1.29 is 14.3 Å². The van der Waals surface area contributed by atoms with E-state index >= 15 is 0 Å². The highest BCUT2D eigenvalue weighted by Crippen LogP contribution is 2.17. The fourth-order valence-corrected chi connectivity index (χ4v) is 2.21. The summed E-state index contributed by atoms with van der Waals surface area (Å²) in [6.45, 7) is 0.323. The zero-order valence-corrected chi connectivity index (χ0v) is 11.8. The van der Waals surface area contributed by atoms with Crippen LogP contribution in [0.5, 0.6) is 0 Å². The van der Waals surface area contributed by atoms with Crippen LogP contribution in [0.4, 0.5) is 0 Å². The lowest BCUT2D eigenvalue weighted by molar-refractivity contribution is 0.0937. The number of furan rings is 1. The van der Waals surface area contributed by atoms with Gasteiger partial charge in [0.05, 0.1) is 17.3 Å². The van der Waals surface area contributed by atoms with E-state index in [0.29, 0.717) is 29.8 Å². The third-order valence-electron chi connectivity index (χ3n) is 3.33. The van der Waals surface area contributed by atoms with Gasteiger partial charge in [0.1, 0.15) is 11.9 Å². The third-order valence-corrected chi connectivity index (χ3v) is 3.33. The van der Waals surface area contributed by atoms with Crippen LogP contribution in [0, 0.1) is 0 Å². The predicted molar refractivity (Wildman–Crippen MR) is 80.2 cm³/mol. The summed E-state index contributed by atoms with van der Waals surface area (Å²) in [5, 5.41) is 13.5. The first-order valence-corrected chi connectivity index (χ1v) is 6.94. The molecule has 6 heteroatoms. The van der Waals surface area contributed by atoms with Crippen LogP contribution in [-0.2, 0) is 0 Å². The molecule has 3 aromatic rings. The average molecular weight is 297 g/mol.